The minimum atomic E-state index is -1.46. The quantitative estimate of drug-likeness (QED) is 0.146. The second-order valence-electron chi connectivity index (χ2n) is 13.9. The average molecular weight is 721 g/mol. The van der Waals surface area contributed by atoms with Gasteiger partial charge in [0.05, 0.1) is 12.7 Å². The minimum absolute atomic E-state index is 0.0142. The highest BCUT2D eigenvalue weighted by Crippen LogP contribution is 2.44. The molecule has 0 spiro atoms. The molecular weight excluding hydrogens is 672 g/mol. The Morgan fingerprint density at radius 2 is 1.50 bits per heavy atom. The third-order valence-corrected chi connectivity index (χ3v) is 10.3. The summed E-state index contributed by atoms with van der Waals surface area (Å²) in [6.45, 7) is 0.622. The number of carbonyl (C=O) groups excluding carboxylic acids is 5. The molecule has 5 rings (SSSR count). The van der Waals surface area contributed by atoms with E-state index in [0.717, 1.165) is 41.5 Å². The molecule has 280 valence electrons. The van der Waals surface area contributed by atoms with Gasteiger partial charge in [0.25, 0.3) is 0 Å². The molecule has 0 bridgehead atoms. The van der Waals surface area contributed by atoms with Gasteiger partial charge in [-0.2, -0.15) is 0 Å². The van der Waals surface area contributed by atoms with Crippen LogP contribution < -0.4 is 16.0 Å². The Balaban J connectivity index is 1.07. The van der Waals surface area contributed by atoms with Gasteiger partial charge in [-0.1, -0.05) is 67.8 Å². The summed E-state index contributed by atoms with van der Waals surface area (Å²) in [6.07, 6.45) is 3.04. The first-order chi connectivity index (χ1) is 25.0. The monoisotopic (exact) mass is 720 g/mol. The summed E-state index contributed by atoms with van der Waals surface area (Å²) >= 11 is 0. The van der Waals surface area contributed by atoms with E-state index in [4.69, 9.17) is 4.74 Å². The molecule has 2 aromatic carbocycles. The van der Waals surface area contributed by atoms with Gasteiger partial charge in [0, 0.05) is 31.7 Å². The van der Waals surface area contributed by atoms with Crippen molar-refractivity contribution < 1.29 is 48.8 Å². The van der Waals surface area contributed by atoms with Crippen LogP contribution in [0, 0.1) is 5.92 Å². The first-order valence-electron chi connectivity index (χ1n) is 18.0. The van der Waals surface area contributed by atoms with E-state index in [0.29, 0.717) is 12.8 Å². The van der Waals surface area contributed by atoms with Crippen molar-refractivity contribution in [3.8, 4) is 11.1 Å². The number of esters is 1. The molecule has 1 heterocycles. The number of fused-ring (bicyclic) bond motifs is 3. The van der Waals surface area contributed by atoms with Crippen molar-refractivity contribution >= 4 is 35.6 Å². The third kappa shape index (κ3) is 9.15. The molecule has 6 N–H and O–H groups in total. The van der Waals surface area contributed by atoms with Crippen LogP contribution in [-0.4, -0.2) is 106 Å². The van der Waals surface area contributed by atoms with E-state index in [9.17, 15) is 44.1 Å². The molecule has 0 aromatic heterocycles. The number of nitrogens with zero attached hydrogens (tertiary/aromatic N) is 1. The number of nitrogens with one attached hydrogen (secondary N) is 3. The molecule has 52 heavy (non-hydrogen) atoms. The molecule has 3 aliphatic rings. The normalized spacial score (nSPS) is 20.2. The molecule has 1 aliphatic heterocycles. The fraction of sp³-hybridized carbons (Fsp3) is 0.526. The Labute approximate surface area is 302 Å². The number of benzene rings is 2. The summed E-state index contributed by atoms with van der Waals surface area (Å²) < 4.78 is 5.62. The van der Waals surface area contributed by atoms with Gasteiger partial charge >= 0.3 is 11.9 Å². The smallest absolute Gasteiger partial charge is 0.326 e. The predicted octanol–water partition coefficient (Wildman–Crippen LogP) is 1.61. The number of aliphatic hydroxyl groups excluding tert-OH is 2. The largest absolute Gasteiger partial charge is 0.480 e. The van der Waals surface area contributed by atoms with Gasteiger partial charge in [-0.3, -0.25) is 24.0 Å². The van der Waals surface area contributed by atoms with Crippen molar-refractivity contribution in [2.75, 3.05) is 19.8 Å². The highest BCUT2D eigenvalue weighted by Gasteiger charge is 2.40. The van der Waals surface area contributed by atoms with Gasteiger partial charge in [0.2, 0.25) is 23.6 Å². The van der Waals surface area contributed by atoms with Crippen LogP contribution in [0.25, 0.3) is 11.1 Å². The Hall–Kier alpha value is -4.82. The first-order valence-corrected chi connectivity index (χ1v) is 18.0. The number of β-amino-alcohol motifs (C(OH)–C–C–N with tert-alkyl or cyclic N) is 1. The highest BCUT2D eigenvalue weighted by atomic mass is 16.5. The van der Waals surface area contributed by atoms with Crippen molar-refractivity contribution in [2.24, 2.45) is 5.92 Å². The molecule has 1 saturated heterocycles. The first kappa shape index (κ1) is 38.4. The number of ether oxygens (including phenoxy) is 1. The second kappa shape index (κ2) is 17.6. The van der Waals surface area contributed by atoms with Crippen LogP contribution in [0.15, 0.2) is 48.5 Å². The number of amides is 4. The molecule has 2 fully saturated rings. The van der Waals surface area contributed by atoms with E-state index in [1.54, 1.807) is 0 Å². The van der Waals surface area contributed by atoms with Crippen LogP contribution in [0.2, 0.25) is 0 Å². The summed E-state index contributed by atoms with van der Waals surface area (Å²) in [5.41, 5.74) is 4.41. The fourth-order valence-corrected chi connectivity index (χ4v) is 7.52. The summed E-state index contributed by atoms with van der Waals surface area (Å²) in [6, 6.07) is 11.1. The molecule has 0 radical (unpaired) electrons. The van der Waals surface area contributed by atoms with Crippen LogP contribution in [0.4, 0.5) is 0 Å². The van der Waals surface area contributed by atoms with Gasteiger partial charge < -0.3 is 40.9 Å². The molecule has 1 unspecified atom stereocenters. The average Bonchev–Trinajstić information content (AvgIpc) is 3.69. The van der Waals surface area contributed by atoms with E-state index < -0.39 is 72.4 Å². The number of aliphatic carboxylic acids is 1. The fourth-order valence-electron chi connectivity index (χ4n) is 7.52. The third-order valence-electron chi connectivity index (χ3n) is 10.3. The number of likely N-dealkylation sites (tertiary alicyclic amines) is 1. The second-order valence-corrected chi connectivity index (χ2v) is 13.9. The summed E-state index contributed by atoms with van der Waals surface area (Å²) in [7, 11) is 0. The maximum atomic E-state index is 13.2. The standard InChI is InChI=1S/C38H48N4O10/c1-22(35(47)40-30(20-43)36(48)41-34(38(50)51)23-10-3-2-4-11-23)39-37(49)31-18-24(44)19-42(31)32(45)16-9-17-33(46)52-21-29-27-14-7-5-12-25(27)26-13-6-8-15-28(26)29/h5-8,12-15,22-24,29-31,34,43-44H,2-4,9-11,16-21H2,1H3,(H,39,49)(H,40,47)(H,41,48)(H,50,51)/t22-,24?,30-,31-,34-/m0/s1. The number of rotatable bonds is 15. The van der Waals surface area contributed by atoms with Gasteiger partial charge in [0.1, 0.15) is 30.8 Å². The topological polar surface area (TPSA) is 212 Å². The van der Waals surface area contributed by atoms with Crippen molar-refractivity contribution in [3.05, 3.63) is 59.7 Å². The lowest BCUT2D eigenvalue weighted by molar-refractivity contribution is -0.145. The zero-order chi connectivity index (χ0) is 37.4. The summed E-state index contributed by atoms with van der Waals surface area (Å²) in [5, 5.41) is 37.1. The van der Waals surface area contributed by atoms with Crippen molar-refractivity contribution in [2.45, 2.75) is 101 Å². The number of aliphatic hydroxyl groups is 2. The molecule has 4 amide bonds. The molecular formula is C38H48N4O10. The molecule has 14 heteroatoms. The van der Waals surface area contributed by atoms with Crippen molar-refractivity contribution in [1.29, 1.82) is 0 Å². The molecule has 5 atom stereocenters. The number of hydrogen-bond donors (Lipinski definition) is 6. The lowest BCUT2D eigenvalue weighted by Crippen LogP contribution is -2.58. The van der Waals surface area contributed by atoms with Crippen molar-refractivity contribution in [3.63, 3.8) is 0 Å². The van der Waals surface area contributed by atoms with Crippen LogP contribution in [0.5, 0.6) is 0 Å². The lowest BCUT2D eigenvalue weighted by Gasteiger charge is -2.29. The molecule has 14 nitrogen and oxygen atoms in total. The number of carbonyl (C=O) groups is 6. The minimum Gasteiger partial charge on any atom is -0.480 e. The van der Waals surface area contributed by atoms with Crippen LogP contribution in [0.1, 0.15) is 81.8 Å². The Kier molecular flexibility index (Phi) is 13.0. The van der Waals surface area contributed by atoms with E-state index in [1.807, 2.05) is 48.5 Å². The maximum absolute atomic E-state index is 13.2. The van der Waals surface area contributed by atoms with E-state index >= 15 is 0 Å². The number of carboxylic acids is 1. The Morgan fingerprint density at radius 1 is 0.865 bits per heavy atom. The van der Waals surface area contributed by atoms with Crippen LogP contribution in [0.3, 0.4) is 0 Å². The molecule has 2 aliphatic carbocycles. The van der Waals surface area contributed by atoms with Crippen LogP contribution >= 0.6 is 0 Å². The highest BCUT2D eigenvalue weighted by molar-refractivity contribution is 5.95. The molecule has 1 saturated carbocycles. The van der Waals surface area contributed by atoms with E-state index in [-0.39, 0.29) is 50.7 Å². The zero-order valence-corrected chi connectivity index (χ0v) is 29.3. The van der Waals surface area contributed by atoms with E-state index in [1.165, 1.54) is 11.8 Å². The van der Waals surface area contributed by atoms with Gasteiger partial charge in [-0.15, -0.1) is 0 Å². The number of carboxylic acid groups (broad SMARTS) is 1. The Morgan fingerprint density at radius 3 is 2.12 bits per heavy atom. The lowest BCUT2D eigenvalue weighted by atomic mass is 9.84. The van der Waals surface area contributed by atoms with Gasteiger partial charge in [-0.05, 0) is 54.4 Å². The van der Waals surface area contributed by atoms with Gasteiger partial charge in [0.15, 0.2) is 0 Å². The Bertz CT molecular complexity index is 1600. The SMILES string of the molecule is C[C@H](NC(=O)[C@@H]1CC(O)CN1C(=O)CCCC(=O)OCC1c2ccccc2-c2ccccc21)C(=O)N[C@@H](CO)C(=O)N[C@H](C(=O)O)C1CCCCC1. The van der Waals surface area contributed by atoms with Crippen LogP contribution in [-0.2, 0) is 33.5 Å². The summed E-state index contributed by atoms with van der Waals surface area (Å²) in [5.74, 6) is -4.81. The van der Waals surface area contributed by atoms with Crippen molar-refractivity contribution in [1.82, 2.24) is 20.9 Å². The van der Waals surface area contributed by atoms with Gasteiger partial charge in [-0.25, -0.2) is 4.79 Å². The zero-order valence-electron chi connectivity index (χ0n) is 29.3. The number of hydrogen-bond acceptors (Lipinski definition) is 9. The predicted molar refractivity (Wildman–Crippen MR) is 187 cm³/mol. The van der Waals surface area contributed by atoms with E-state index in [2.05, 4.69) is 16.0 Å². The molecule has 2 aromatic rings. The maximum Gasteiger partial charge on any atom is 0.326 e. The summed E-state index contributed by atoms with van der Waals surface area (Å²) in [4.78, 5) is 77.9.